The Kier molecular flexibility index (Phi) is 4.28. The monoisotopic (exact) mass is 275 g/mol. The lowest BCUT2D eigenvalue weighted by molar-refractivity contribution is 0.0696. The molecule has 0 aliphatic rings. The van der Waals surface area contributed by atoms with Crippen LogP contribution in [-0.4, -0.2) is 37.5 Å². The highest BCUT2D eigenvalue weighted by atomic mass is 32.2. The van der Waals surface area contributed by atoms with Gasteiger partial charge in [0.05, 0.1) is 17.0 Å². The Hall–Kier alpha value is -1.63. The molecule has 1 aromatic carbocycles. The number of hydrogen-bond donors (Lipinski definition) is 2. The van der Waals surface area contributed by atoms with E-state index in [9.17, 15) is 17.6 Å². The van der Waals surface area contributed by atoms with Crippen LogP contribution in [0.25, 0.3) is 0 Å². The maximum Gasteiger partial charge on any atom is 0.335 e. The summed E-state index contributed by atoms with van der Waals surface area (Å²) in [6.45, 7) is 1.60. The fraction of sp³-hybridized carbons (Fsp3) is 0.364. The van der Waals surface area contributed by atoms with Crippen molar-refractivity contribution >= 4 is 21.5 Å². The van der Waals surface area contributed by atoms with Gasteiger partial charge in [-0.05, 0) is 25.1 Å². The first kappa shape index (κ1) is 14.4. The van der Waals surface area contributed by atoms with Crippen molar-refractivity contribution in [2.75, 3.05) is 17.3 Å². The van der Waals surface area contributed by atoms with Gasteiger partial charge in [0.25, 0.3) is 0 Å². The second-order valence-corrected chi connectivity index (χ2v) is 6.32. The number of halogens is 1. The first-order chi connectivity index (χ1) is 8.19. The molecule has 1 atom stereocenters. The van der Waals surface area contributed by atoms with Gasteiger partial charge in [-0.2, -0.15) is 0 Å². The molecule has 0 bridgehead atoms. The maximum atomic E-state index is 13.5. The minimum atomic E-state index is -3.16. The lowest BCUT2D eigenvalue weighted by atomic mass is 10.2. The van der Waals surface area contributed by atoms with E-state index in [2.05, 4.69) is 5.32 Å². The Morgan fingerprint density at radius 2 is 2.11 bits per heavy atom. The van der Waals surface area contributed by atoms with E-state index in [0.29, 0.717) is 0 Å². The normalized spacial score (nSPS) is 13.1. The van der Waals surface area contributed by atoms with Crippen LogP contribution in [0.15, 0.2) is 18.2 Å². The Bertz CT molecular complexity index is 556. The molecule has 2 N–H and O–H groups in total. The molecule has 0 saturated carbocycles. The van der Waals surface area contributed by atoms with Gasteiger partial charge in [0, 0.05) is 12.3 Å². The number of aromatic carboxylic acids is 1. The molecule has 100 valence electrons. The summed E-state index contributed by atoms with van der Waals surface area (Å²) in [6, 6.07) is 2.95. The summed E-state index contributed by atoms with van der Waals surface area (Å²) in [7, 11) is -3.16. The summed E-state index contributed by atoms with van der Waals surface area (Å²) in [5, 5.41) is 11.4. The van der Waals surface area contributed by atoms with Crippen LogP contribution in [-0.2, 0) is 9.84 Å². The first-order valence-corrected chi connectivity index (χ1v) is 7.22. The number of benzene rings is 1. The van der Waals surface area contributed by atoms with Crippen LogP contribution in [0.3, 0.4) is 0 Å². The molecular formula is C11H14FNO4S. The lowest BCUT2D eigenvalue weighted by Crippen LogP contribution is -2.25. The standard InChI is InChI=1S/C11H14FNO4S/c1-7(6-18(2,16)17)13-10-4-3-8(11(14)15)5-9(10)12/h3-5,7,13H,6H2,1-2H3,(H,14,15). The second kappa shape index (κ2) is 5.34. The highest BCUT2D eigenvalue weighted by Crippen LogP contribution is 2.17. The molecule has 1 rings (SSSR count). The van der Waals surface area contributed by atoms with Crippen molar-refractivity contribution < 1.29 is 22.7 Å². The number of anilines is 1. The van der Waals surface area contributed by atoms with Crippen molar-refractivity contribution in [2.45, 2.75) is 13.0 Å². The molecule has 0 aliphatic carbocycles. The van der Waals surface area contributed by atoms with Gasteiger partial charge in [-0.1, -0.05) is 0 Å². The van der Waals surface area contributed by atoms with E-state index in [0.717, 1.165) is 12.3 Å². The summed E-state index contributed by atoms with van der Waals surface area (Å²) in [6.07, 6.45) is 1.09. The van der Waals surface area contributed by atoms with Gasteiger partial charge in [0.15, 0.2) is 0 Å². The molecule has 7 heteroatoms. The minimum Gasteiger partial charge on any atom is -0.478 e. The second-order valence-electron chi connectivity index (χ2n) is 4.14. The highest BCUT2D eigenvalue weighted by Gasteiger charge is 2.13. The zero-order valence-electron chi connectivity index (χ0n) is 9.97. The minimum absolute atomic E-state index is 0.0798. The van der Waals surface area contributed by atoms with Crippen molar-refractivity contribution in [3.05, 3.63) is 29.6 Å². The number of carbonyl (C=O) groups is 1. The number of rotatable bonds is 5. The predicted octanol–water partition coefficient (Wildman–Crippen LogP) is 1.37. The molecule has 0 aliphatic heterocycles. The van der Waals surface area contributed by atoms with Crippen molar-refractivity contribution in [3.63, 3.8) is 0 Å². The fourth-order valence-corrected chi connectivity index (χ4v) is 2.52. The Labute approximate surface area is 105 Å². The Balaban J connectivity index is 2.83. The summed E-state index contributed by atoms with van der Waals surface area (Å²) in [4.78, 5) is 10.6. The smallest absolute Gasteiger partial charge is 0.335 e. The average Bonchev–Trinajstić information content (AvgIpc) is 2.17. The SMILES string of the molecule is CC(CS(C)(=O)=O)Nc1ccc(C(=O)O)cc1F. The molecule has 0 amide bonds. The van der Waals surface area contributed by atoms with Crippen LogP contribution in [0.2, 0.25) is 0 Å². The third kappa shape index (κ3) is 4.33. The highest BCUT2D eigenvalue weighted by molar-refractivity contribution is 7.90. The zero-order chi connectivity index (χ0) is 13.9. The number of carboxylic acids is 1. The molecule has 18 heavy (non-hydrogen) atoms. The van der Waals surface area contributed by atoms with Crippen LogP contribution < -0.4 is 5.32 Å². The van der Waals surface area contributed by atoms with Gasteiger partial charge >= 0.3 is 5.97 Å². The molecule has 0 spiro atoms. The van der Waals surface area contributed by atoms with Crippen LogP contribution >= 0.6 is 0 Å². The van der Waals surface area contributed by atoms with Crippen molar-refractivity contribution in [1.82, 2.24) is 0 Å². The zero-order valence-corrected chi connectivity index (χ0v) is 10.8. The summed E-state index contributed by atoms with van der Waals surface area (Å²) >= 11 is 0. The van der Waals surface area contributed by atoms with Crippen LogP contribution in [0, 0.1) is 5.82 Å². The molecule has 0 saturated heterocycles. The fourth-order valence-electron chi connectivity index (χ4n) is 1.53. The first-order valence-electron chi connectivity index (χ1n) is 5.16. The molecule has 1 unspecified atom stereocenters. The largest absolute Gasteiger partial charge is 0.478 e. The van der Waals surface area contributed by atoms with Gasteiger partial charge in [-0.3, -0.25) is 0 Å². The van der Waals surface area contributed by atoms with E-state index in [-0.39, 0.29) is 17.0 Å². The van der Waals surface area contributed by atoms with Crippen molar-refractivity contribution in [1.29, 1.82) is 0 Å². The van der Waals surface area contributed by atoms with Crippen molar-refractivity contribution in [3.8, 4) is 0 Å². The van der Waals surface area contributed by atoms with Crippen LogP contribution in [0.4, 0.5) is 10.1 Å². The molecule has 0 fully saturated rings. The van der Waals surface area contributed by atoms with E-state index >= 15 is 0 Å². The number of carboxylic acid groups (broad SMARTS) is 1. The van der Waals surface area contributed by atoms with Gasteiger partial charge in [-0.15, -0.1) is 0 Å². The number of sulfone groups is 1. The van der Waals surface area contributed by atoms with Gasteiger partial charge in [0.1, 0.15) is 15.7 Å². The van der Waals surface area contributed by atoms with E-state index in [1.807, 2.05) is 0 Å². The van der Waals surface area contributed by atoms with Gasteiger partial charge in [-0.25, -0.2) is 17.6 Å². The number of nitrogens with one attached hydrogen (secondary N) is 1. The van der Waals surface area contributed by atoms with E-state index in [1.54, 1.807) is 6.92 Å². The predicted molar refractivity (Wildman–Crippen MR) is 66.2 cm³/mol. The third-order valence-electron chi connectivity index (χ3n) is 2.17. The van der Waals surface area contributed by atoms with E-state index in [1.165, 1.54) is 12.1 Å². The topological polar surface area (TPSA) is 83.5 Å². The lowest BCUT2D eigenvalue weighted by Gasteiger charge is -2.14. The third-order valence-corrected chi connectivity index (χ3v) is 3.28. The molecule has 0 aromatic heterocycles. The molecule has 5 nitrogen and oxygen atoms in total. The van der Waals surface area contributed by atoms with E-state index < -0.39 is 27.7 Å². The Morgan fingerprint density at radius 1 is 1.50 bits per heavy atom. The quantitative estimate of drug-likeness (QED) is 0.848. The molecule has 1 aromatic rings. The van der Waals surface area contributed by atoms with E-state index in [4.69, 9.17) is 5.11 Å². The number of hydrogen-bond acceptors (Lipinski definition) is 4. The maximum absolute atomic E-state index is 13.5. The summed E-state index contributed by atoms with van der Waals surface area (Å²) in [5.41, 5.74) is -0.0787. The molecular weight excluding hydrogens is 261 g/mol. The van der Waals surface area contributed by atoms with Gasteiger partial charge < -0.3 is 10.4 Å². The van der Waals surface area contributed by atoms with Crippen molar-refractivity contribution in [2.24, 2.45) is 0 Å². The summed E-state index contributed by atoms with van der Waals surface area (Å²) in [5.74, 6) is -2.08. The van der Waals surface area contributed by atoms with Crippen LogP contribution in [0.1, 0.15) is 17.3 Å². The average molecular weight is 275 g/mol. The Morgan fingerprint density at radius 3 is 2.56 bits per heavy atom. The summed E-state index contributed by atoms with van der Waals surface area (Å²) < 4.78 is 35.6. The molecule has 0 heterocycles. The van der Waals surface area contributed by atoms with Gasteiger partial charge in [0.2, 0.25) is 0 Å². The van der Waals surface area contributed by atoms with Crippen LogP contribution in [0.5, 0.6) is 0 Å². The molecule has 0 radical (unpaired) electrons.